The minimum Gasteiger partial charge on any atom is -0.464 e. The molecule has 0 aliphatic rings. The second kappa shape index (κ2) is 6.16. The predicted molar refractivity (Wildman–Crippen MR) is 91.1 cm³/mol. The molecule has 0 aliphatic heterocycles. The van der Waals surface area contributed by atoms with Gasteiger partial charge in [0.05, 0.1) is 23.3 Å². The zero-order chi connectivity index (χ0) is 17.3. The van der Waals surface area contributed by atoms with Gasteiger partial charge in [-0.3, -0.25) is 14.9 Å². The van der Waals surface area contributed by atoms with E-state index in [9.17, 15) is 14.9 Å². The van der Waals surface area contributed by atoms with Crippen LogP contribution in [0.4, 0.5) is 11.4 Å². The summed E-state index contributed by atoms with van der Waals surface area (Å²) in [5.41, 5.74) is 3.75. The number of carbonyl (C=O) groups excluding carboxylic acids is 1. The minimum atomic E-state index is -0.485. The van der Waals surface area contributed by atoms with E-state index in [2.05, 4.69) is 5.32 Å². The molecular formula is C18H16N2O4. The molecule has 1 amide bonds. The van der Waals surface area contributed by atoms with E-state index in [1.54, 1.807) is 19.3 Å². The van der Waals surface area contributed by atoms with Gasteiger partial charge in [-0.1, -0.05) is 17.7 Å². The predicted octanol–water partition coefficient (Wildman–Crippen LogP) is 4.14. The van der Waals surface area contributed by atoms with Crippen molar-refractivity contribution in [2.45, 2.75) is 20.3 Å². The number of benzene rings is 2. The van der Waals surface area contributed by atoms with Gasteiger partial charge < -0.3 is 9.73 Å². The Morgan fingerprint density at radius 1 is 1.21 bits per heavy atom. The van der Waals surface area contributed by atoms with E-state index < -0.39 is 4.92 Å². The summed E-state index contributed by atoms with van der Waals surface area (Å²) in [4.78, 5) is 22.7. The quantitative estimate of drug-likeness (QED) is 0.577. The highest BCUT2D eigenvalue weighted by Crippen LogP contribution is 2.25. The van der Waals surface area contributed by atoms with E-state index in [1.807, 2.05) is 25.1 Å². The molecule has 3 aromatic rings. The van der Waals surface area contributed by atoms with E-state index in [-0.39, 0.29) is 18.0 Å². The van der Waals surface area contributed by atoms with Gasteiger partial charge in [0.2, 0.25) is 5.91 Å². The molecule has 0 saturated carbocycles. The summed E-state index contributed by atoms with van der Waals surface area (Å²) in [6.45, 7) is 3.76. The summed E-state index contributed by atoms with van der Waals surface area (Å²) >= 11 is 0. The topological polar surface area (TPSA) is 85.4 Å². The van der Waals surface area contributed by atoms with Gasteiger partial charge in [0, 0.05) is 23.1 Å². The van der Waals surface area contributed by atoms with Gasteiger partial charge in [-0.05, 0) is 31.5 Å². The maximum Gasteiger partial charge on any atom is 0.271 e. The molecule has 0 fully saturated rings. The van der Waals surface area contributed by atoms with Crippen molar-refractivity contribution in [3.63, 3.8) is 0 Å². The summed E-state index contributed by atoms with van der Waals surface area (Å²) in [6.07, 6.45) is 1.71. The van der Waals surface area contributed by atoms with E-state index in [0.717, 1.165) is 27.7 Å². The Morgan fingerprint density at radius 2 is 2.00 bits per heavy atom. The SMILES string of the molecule is Cc1ccc2occ(CC(=O)Nc3cc([N+](=O)[O-])ccc3C)c2c1. The Hall–Kier alpha value is -3.15. The Bertz CT molecular complexity index is 943. The molecule has 0 saturated heterocycles. The molecule has 1 heterocycles. The summed E-state index contributed by atoms with van der Waals surface area (Å²) in [7, 11) is 0. The average molecular weight is 324 g/mol. The lowest BCUT2D eigenvalue weighted by molar-refractivity contribution is -0.384. The van der Waals surface area contributed by atoms with Crippen molar-refractivity contribution in [2.75, 3.05) is 5.32 Å². The van der Waals surface area contributed by atoms with Crippen LogP contribution in [-0.2, 0) is 11.2 Å². The van der Waals surface area contributed by atoms with Crippen LogP contribution < -0.4 is 5.32 Å². The summed E-state index contributed by atoms with van der Waals surface area (Å²) in [5.74, 6) is -0.247. The van der Waals surface area contributed by atoms with Crippen molar-refractivity contribution in [3.05, 3.63) is 69.5 Å². The third kappa shape index (κ3) is 3.12. The van der Waals surface area contributed by atoms with Crippen molar-refractivity contribution in [3.8, 4) is 0 Å². The van der Waals surface area contributed by atoms with Gasteiger partial charge in [0.15, 0.2) is 0 Å². The number of hydrogen-bond acceptors (Lipinski definition) is 4. The fourth-order valence-electron chi connectivity index (χ4n) is 2.56. The number of non-ortho nitro benzene ring substituents is 1. The van der Waals surface area contributed by atoms with Crippen LogP contribution in [0.15, 0.2) is 47.1 Å². The smallest absolute Gasteiger partial charge is 0.271 e. The summed E-state index contributed by atoms with van der Waals surface area (Å²) in [6, 6.07) is 10.2. The van der Waals surface area contributed by atoms with Crippen LogP contribution in [0.3, 0.4) is 0 Å². The largest absolute Gasteiger partial charge is 0.464 e. The van der Waals surface area contributed by atoms with Crippen LogP contribution >= 0.6 is 0 Å². The van der Waals surface area contributed by atoms with Crippen LogP contribution in [0.5, 0.6) is 0 Å². The zero-order valence-electron chi connectivity index (χ0n) is 13.3. The summed E-state index contributed by atoms with van der Waals surface area (Å²) in [5, 5.41) is 14.5. The number of carbonyl (C=O) groups is 1. The number of amides is 1. The maximum atomic E-state index is 12.3. The zero-order valence-corrected chi connectivity index (χ0v) is 13.3. The first-order valence-corrected chi connectivity index (χ1v) is 7.45. The number of nitrogens with one attached hydrogen (secondary N) is 1. The van der Waals surface area contributed by atoms with Gasteiger partial charge in [-0.2, -0.15) is 0 Å². The second-order valence-corrected chi connectivity index (χ2v) is 5.74. The normalized spacial score (nSPS) is 10.8. The molecule has 0 atom stereocenters. The van der Waals surface area contributed by atoms with E-state index >= 15 is 0 Å². The molecule has 0 bridgehead atoms. The molecule has 2 aromatic carbocycles. The van der Waals surface area contributed by atoms with Crippen molar-refractivity contribution in [1.29, 1.82) is 0 Å². The third-order valence-corrected chi connectivity index (χ3v) is 3.87. The molecular weight excluding hydrogens is 308 g/mol. The Morgan fingerprint density at radius 3 is 2.75 bits per heavy atom. The standard InChI is InChI=1S/C18H16N2O4/c1-11-3-6-17-15(7-11)13(10-24-17)8-18(21)19-16-9-14(20(22)23)5-4-12(16)2/h3-7,9-10H,8H2,1-2H3,(H,19,21). The van der Waals surface area contributed by atoms with Gasteiger partial charge in [-0.25, -0.2) is 0 Å². The third-order valence-electron chi connectivity index (χ3n) is 3.87. The molecule has 3 rings (SSSR count). The number of furan rings is 1. The molecule has 24 heavy (non-hydrogen) atoms. The molecule has 0 aliphatic carbocycles. The molecule has 1 N–H and O–H groups in total. The first-order chi connectivity index (χ1) is 11.4. The fraction of sp³-hybridized carbons (Fsp3) is 0.167. The number of anilines is 1. The van der Waals surface area contributed by atoms with E-state index in [0.29, 0.717) is 5.69 Å². The van der Waals surface area contributed by atoms with E-state index in [4.69, 9.17) is 4.42 Å². The van der Waals surface area contributed by atoms with Crippen LogP contribution in [0, 0.1) is 24.0 Å². The average Bonchev–Trinajstić information content (AvgIpc) is 2.91. The van der Waals surface area contributed by atoms with Gasteiger partial charge in [0.25, 0.3) is 5.69 Å². The lowest BCUT2D eigenvalue weighted by Crippen LogP contribution is -2.15. The monoisotopic (exact) mass is 324 g/mol. The second-order valence-electron chi connectivity index (χ2n) is 5.74. The molecule has 0 radical (unpaired) electrons. The highest BCUT2D eigenvalue weighted by atomic mass is 16.6. The van der Waals surface area contributed by atoms with Crippen LogP contribution in [0.25, 0.3) is 11.0 Å². The van der Waals surface area contributed by atoms with Gasteiger partial charge in [-0.15, -0.1) is 0 Å². The molecule has 6 heteroatoms. The molecule has 122 valence electrons. The minimum absolute atomic E-state index is 0.0553. The van der Waals surface area contributed by atoms with Crippen molar-refractivity contribution >= 4 is 28.3 Å². The molecule has 0 unspecified atom stereocenters. The first kappa shape index (κ1) is 15.7. The number of aryl methyl sites for hydroxylation is 2. The number of fused-ring (bicyclic) bond motifs is 1. The lowest BCUT2D eigenvalue weighted by Gasteiger charge is -2.08. The highest BCUT2D eigenvalue weighted by Gasteiger charge is 2.14. The highest BCUT2D eigenvalue weighted by molar-refractivity contribution is 5.96. The maximum absolute atomic E-state index is 12.3. The van der Waals surface area contributed by atoms with Crippen LogP contribution in [0.1, 0.15) is 16.7 Å². The number of nitro groups is 1. The number of nitrogens with zero attached hydrogens (tertiary/aromatic N) is 1. The number of hydrogen-bond donors (Lipinski definition) is 1. The Kier molecular flexibility index (Phi) is 4.04. The lowest BCUT2D eigenvalue weighted by atomic mass is 10.1. The molecule has 1 aromatic heterocycles. The van der Waals surface area contributed by atoms with Gasteiger partial charge in [0.1, 0.15) is 5.58 Å². The summed E-state index contributed by atoms with van der Waals surface area (Å²) < 4.78 is 5.46. The van der Waals surface area contributed by atoms with Crippen LogP contribution in [0.2, 0.25) is 0 Å². The Labute approximate surface area is 138 Å². The van der Waals surface area contributed by atoms with Gasteiger partial charge >= 0.3 is 0 Å². The van der Waals surface area contributed by atoms with Crippen molar-refractivity contribution in [1.82, 2.24) is 0 Å². The van der Waals surface area contributed by atoms with E-state index in [1.165, 1.54) is 12.1 Å². The fourth-order valence-corrected chi connectivity index (χ4v) is 2.56. The number of nitro benzene ring substituents is 1. The molecule has 0 spiro atoms. The van der Waals surface area contributed by atoms with Crippen molar-refractivity contribution < 1.29 is 14.1 Å². The molecule has 6 nitrogen and oxygen atoms in total. The Balaban J connectivity index is 1.81. The first-order valence-electron chi connectivity index (χ1n) is 7.45. The number of rotatable bonds is 4. The van der Waals surface area contributed by atoms with Crippen LogP contribution in [-0.4, -0.2) is 10.8 Å². The van der Waals surface area contributed by atoms with Crippen molar-refractivity contribution in [2.24, 2.45) is 0 Å².